The summed E-state index contributed by atoms with van der Waals surface area (Å²) in [6.45, 7) is 2.18. The maximum atomic E-state index is 4.40. The predicted molar refractivity (Wildman–Crippen MR) is 60.2 cm³/mol. The minimum absolute atomic E-state index is 0.805. The maximum Gasteiger partial charge on any atom is 0.177 e. The lowest BCUT2D eigenvalue weighted by atomic mass is 10.2. The molecule has 2 heterocycles. The van der Waals surface area contributed by atoms with Crippen LogP contribution in [0.25, 0.3) is 11.2 Å². The molecule has 1 N–H and O–H groups in total. The number of aromatic amines is 1. The van der Waals surface area contributed by atoms with Gasteiger partial charge in [-0.05, 0) is 28.4 Å². The normalized spacial score (nSPS) is 11.0. The molecule has 0 aromatic carbocycles. The molecule has 0 atom stereocenters. The molecule has 74 valence electrons. The fraction of sp³-hybridized carbons (Fsp3) is 0.400. The molecule has 0 fully saturated rings. The van der Waals surface area contributed by atoms with Crippen LogP contribution < -0.4 is 0 Å². The number of unbranched alkanes of at least 4 members (excludes halogenated alkanes) is 1. The number of fused-ring (bicyclic) bond motifs is 1. The zero-order valence-corrected chi connectivity index (χ0v) is 9.63. The molecule has 0 amide bonds. The molecule has 3 nitrogen and oxygen atoms in total. The lowest BCUT2D eigenvalue weighted by Gasteiger charge is -1.90. The number of H-pyrrole nitrogens is 1. The molecule has 14 heavy (non-hydrogen) atoms. The second kappa shape index (κ2) is 4.09. The van der Waals surface area contributed by atoms with Crippen molar-refractivity contribution in [2.24, 2.45) is 0 Å². The van der Waals surface area contributed by atoms with Crippen molar-refractivity contribution in [2.45, 2.75) is 26.2 Å². The molecule has 2 aromatic rings. The third-order valence-electron chi connectivity index (χ3n) is 2.12. The first kappa shape index (κ1) is 9.65. The molecule has 0 radical (unpaired) electrons. The number of hydrogen-bond donors (Lipinski definition) is 1. The number of aromatic nitrogens is 3. The molecule has 0 aliphatic carbocycles. The summed E-state index contributed by atoms with van der Waals surface area (Å²) in [6, 6.07) is 2.00. The predicted octanol–water partition coefficient (Wildman–Crippen LogP) is 3.06. The van der Waals surface area contributed by atoms with Crippen LogP contribution in [0.4, 0.5) is 0 Å². The van der Waals surface area contributed by atoms with Gasteiger partial charge in [-0.1, -0.05) is 13.3 Å². The van der Waals surface area contributed by atoms with E-state index in [1.165, 1.54) is 12.8 Å². The van der Waals surface area contributed by atoms with E-state index in [9.17, 15) is 0 Å². The van der Waals surface area contributed by atoms with Crippen molar-refractivity contribution in [3.8, 4) is 0 Å². The van der Waals surface area contributed by atoms with Crippen molar-refractivity contribution in [3.05, 3.63) is 22.6 Å². The average molecular weight is 254 g/mol. The van der Waals surface area contributed by atoms with Gasteiger partial charge in [0.2, 0.25) is 0 Å². The largest absolute Gasteiger partial charge is 0.341 e. The first-order chi connectivity index (χ1) is 6.79. The van der Waals surface area contributed by atoms with Gasteiger partial charge in [0.15, 0.2) is 5.65 Å². The monoisotopic (exact) mass is 253 g/mol. The van der Waals surface area contributed by atoms with Gasteiger partial charge in [-0.3, -0.25) is 0 Å². The van der Waals surface area contributed by atoms with Crippen molar-refractivity contribution in [2.75, 3.05) is 0 Å². The standard InChI is InChI=1S/C10H12BrN3/c1-2-3-4-9-13-8-5-7(11)6-12-10(8)14-9/h5-6H,2-4H2,1H3,(H,12,13,14). The molecular formula is C10H12BrN3. The van der Waals surface area contributed by atoms with Crippen LogP contribution in [0.3, 0.4) is 0 Å². The number of halogens is 1. The van der Waals surface area contributed by atoms with E-state index in [4.69, 9.17) is 0 Å². The van der Waals surface area contributed by atoms with Gasteiger partial charge in [0.05, 0.1) is 5.52 Å². The maximum absolute atomic E-state index is 4.40. The van der Waals surface area contributed by atoms with Crippen LogP contribution in [-0.2, 0) is 6.42 Å². The van der Waals surface area contributed by atoms with Gasteiger partial charge in [0.1, 0.15) is 5.82 Å². The number of aryl methyl sites for hydroxylation is 1. The SMILES string of the molecule is CCCCc1nc2ncc(Br)cc2[nH]1. The second-order valence-corrected chi connectivity index (χ2v) is 4.23. The third-order valence-corrected chi connectivity index (χ3v) is 2.55. The van der Waals surface area contributed by atoms with E-state index in [0.717, 1.165) is 27.9 Å². The molecule has 0 aliphatic rings. The molecular weight excluding hydrogens is 242 g/mol. The fourth-order valence-corrected chi connectivity index (χ4v) is 1.72. The molecule has 0 unspecified atom stereocenters. The van der Waals surface area contributed by atoms with E-state index >= 15 is 0 Å². The average Bonchev–Trinajstić information content (AvgIpc) is 2.56. The van der Waals surface area contributed by atoms with Crippen LogP contribution >= 0.6 is 15.9 Å². The van der Waals surface area contributed by atoms with Gasteiger partial charge in [-0.2, -0.15) is 0 Å². The molecule has 2 aromatic heterocycles. The summed E-state index contributed by atoms with van der Waals surface area (Å²) >= 11 is 3.38. The van der Waals surface area contributed by atoms with Gasteiger partial charge < -0.3 is 4.98 Å². The van der Waals surface area contributed by atoms with Crippen molar-refractivity contribution in [1.29, 1.82) is 0 Å². The summed E-state index contributed by atoms with van der Waals surface area (Å²) in [7, 11) is 0. The number of nitrogens with zero attached hydrogens (tertiary/aromatic N) is 2. The Kier molecular flexibility index (Phi) is 2.82. The van der Waals surface area contributed by atoms with Gasteiger partial charge in [0.25, 0.3) is 0 Å². The van der Waals surface area contributed by atoms with Crippen molar-refractivity contribution in [1.82, 2.24) is 15.0 Å². The van der Waals surface area contributed by atoms with E-state index in [0.29, 0.717) is 0 Å². The summed E-state index contributed by atoms with van der Waals surface area (Å²) < 4.78 is 0.982. The third kappa shape index (κ3) is 1.95. The molecule has 0 saturated heterocycles. The summed E-state index contributed by atoms with van der Waals surface area (Å²) in [4.78, 5) is 11.9. The Balaban J connectivity index is 2.32. The van der Waals surface area contributed by atoms with Crippen LogP contribution in [0, 0.1) is 0 Å². The Morgan fingerprint density at radius 3 is 3.14 bits per heavy atom. The van der Waals surface area contributed by atoms with Gasteiger partial charge in [0, 0.05) is 17.1 Å². The minimum Gasteiger partial charge on any atom is -0.341 e. The van der Waals surface area contributed by atoms with E-state index in [1.54, 1.807) is 6.20 Å². The number of imidazole rings is 1. The Morgan fingerprint density at radius 1 is 1.50 bits per heavy atom. The zero-order valence-electron chi connectivity index (χ0n) is 8.05. The Hall–Kier alpha value is -0.900. The van der Waals surface area contributed by atoms with Gasteiger partial charge in [-0.15, -0.1) is 0 Å². The smallest absolute Gasteiger partial charge is 0.177 e. The van der Waals surface area contributed by atoms with Crippen LogP contribution in [-0.4, -0.2) is 15.0 Å². The highest BCUT2D eigenvalue weighted by Gasteiger charge is 2.03. The number of nitrogens with one attached hydrogen (secondary N) is 1. The lowest BCUT2D eigenvalue weighted by molar-refractivity contribution is 0.764. The molecule has 2 rings (SSSR count). The number of hydrogen-bond acceptors (Lipinski definition) is 2. The summed E-state index contributed by atoms with van der Waals surface area (Å²) in [5.41, 5.74) is 1.81. The first-order valence-electron chi connectivity index (χ1n) is 4.79. The first-order valence-corrected chi connectivity index (χ1v) is 5.59. The topological polar surface area (TPSA) is 41.6 Å². The van der Waals surface area contributed by atoms with Crippen molar-refractivity contribution >= 4 is 27.1 Å². The highest BCUT2D eigenvalue weighted by atomic mass is 79.9. The Labute approximate surface area is 91.1 Å². The van der Waals surface area contributed by atoms with Gasteiger partial charge >= 0.3 is 0 Å². The fourth-order valence-electron chi connectivity index (χ4n) is 1.39. The van der Waals surface area contributed by atoms with Gasteiger partial charge in [-0.25, -0.2) is 9.97 Å². The lowest BCUT2D eigenvalue weighted by Crippen LogP contribution is -1.86. The highest BCUT2D eigenvalue weighted by Crippen LogP contribution is 2.15. The summed E-state index contributed by atoms with van der Waals surface area (Å²) in [5, 5.41) is 0. The van der Waals surface area contributed by atoms with E-state index in [2.05, 4.69) is 37.8 Å². The summed E-state index contributed by atoms with van der Waals surface area (Å²) in [6.07, 6.45) is 5.13. The number of rotatable bonds is 3. The molecule has 4 heteroatoms. The highest BCUT2D eigenvalue weighted by molar-refractivity contribution is 9.10. The molecule has 0 spiro atoms. The second-order valence-electron chi connectivity index (χ2n) is 3.31. The Bertz CT molecular complexity index is 436. The summed E-state index contributed by atoms with van der Waals surface area (Å²) in [5.74, 6) is 1.03. The molecule has 0 aliphatic heterocycles. The van der Waals surface area contributed by atoms with Crippen LogP contribution in [0.15, 0.2) is 16.7 Å². The van der Waals surface area contributed by atoms with E-state index < -0.39 is 0 Å². The van der Waals surface area contributed by atoms with E-state index in [1.807, 2.05) is 6.07 Å². The molecule has 0 saturated carbocycles. The van der Waals surface area contributed by atoms with Crippen LogP contribution in [0.1, 0.15) is 25.6 Å². The minimum atomic E-state index is 0.805. The number of pyridine rings is 1. The molecule has 0 bridgehead atoms. The zero-order chi connectivity index (χ0) is 9.97. The Morgan fingerprint density at radius 2 is 2.36 bits per heavy atom. The van der Waals surface area contributed by atoms with Crippen LogP contribution in [0.5, 0.6) is 0 Å². The quantitative estimate of drug-likeness (QED) is 0.914. The van der Waals surface area contributed by atoms with Crippen molar-refractivity contribution < 1.29 is 0 Å². The van der Waals surface area contributed by atoms with E-state index in [-0.39, 0.29) is 0 Å². The van der Waals surface area contributed by atoms with Crippen LogP contribution in [0.2, 0.25) is 0 Å². The van der Waals surface area contributed by atoms with Crippen molar-refractivity contribution in [3.63, 3.8) is 0 Å².